The van der Waals surface area contributed by atoms with Crippen LogP contribution in [0.15, 0.2) is 6.33 Å². The van der Waals surface area contributed by atoms with Gasteiger partial charge < -0.3 is 9.30 Å². The second-order valence-electron chi connectivity index (χ2n) is 2.16. The molecule has 0 unspecified atom stereocenters. The molecule has 0 aliphatic carbocycles. The van der Waals surface area contributed by atoms with E-state index >= 15 is 0 Å². The lowest BCUT2D eigenvalue weighted by atomic mass is 10.3. The van der Waals surface area contributed by atoms with Crippen LogP contribution < -0.4 is 0 Å². The van der Waals surface area contributed by atoms with Gasteiger partial charge in [-0.15, -0.1) is 0 Å². The van der Waals surface area contributed by atoms with Crippen molar-refractivity contribution < 1.29 is 9.53 Å². The minimum Gasteiger partial charge on any atom is -0.464 e. The molecule has 0 aliphatic heterocycles. The predicted molar refractivity (Wildman–Crippen MR) is 39.3 cm³/mol. The summed E-state index contributed by atoms with van der Waals surface area (Å²) in [6.45, 7) is 0. The normalized spacial score (nSPS) is 9.08. The van der Waals surface area contributed by atoms with Gasteiger partial charge in [0.2, 0.25) is 0 Å². The zero-order valence-electron chi connectivity index (χ0n) is 6.74. The van der Waals surface area contributed by atoms with Crippen molar-refractivity contribution in [3.05, 3.63) is 17.7 Å². The quantitative estimate of drug-likeness (QED) is 0.552. The van der Waals surface area contributed by atoms with Crippen LogP contribution in [0.2, 0.25) is 0 Å². The maximum Gasteiger partial charge on any atom is 0.359 e. The lowest BCUT2D eigenvalue weighted by Crippen LogP contribution is -2.05. The highest BCUT2D eigenvalue weighted by Gasteiger charge is 2.16. The second-order valence-corrected chi connectivity index (χ2v) is 2.16. The van der Waals surface area contributed by atoms with Gasteiger partial charge in [0.15, 0.2) is 11.4 Å². The molecule has 0 spiro atoms. The van der Waals surface area contributed by atoms with Crippen LogP contribution >= 0.6 is 0 Å². The number of imidazole rings is 1. The van der Waals surface area contributed by atoms with E-state index in [9.17, 15) is 4.79 Å². The molecule has 1 aromatic heterocycles. The molecule has 5 nitrogen and oxygen atoms in total. The average Bonchev–Trinajstić information content (AvgIpc) is 2.45. The first-order valence-electron chi connectivity index (χ1n) is 3.20. The summed E-state index contributed by atoms with van der Waals surface area (Å²) >= 11 is 0. The van der Waals surface area contributed by atoms with Crippen molar-refractivity contribution in [2.75, 3.05) is 7.11 Å². The van der Waals surface area contributed by atoms with Gasteiger partial charge in [-0.25, -0.2) is 9.78 Å². The van der Waals surface area contributed by atoms with Gasteiger partial charge in [0.05, 0.1) is 13.4 Å². The molecule has 0 bridgehead atoms. The lowest BCUT2D eigenvalue weighted by Gasteiger charge is -1.94. The van der Waals surface area contributed by atoms with Crippen LogP contribution in [0.25, 0.3) is 0 Å². The number of hydrogen-bond acceptors (Lipinski definition) is 4. The summed E-state index contributed by atoms with van der Waals surface area (Å²) in [5, 5.41) is 8.61. The largest absolute Gasteiger partial charge is 0.464 e. The van der Waals surface area contributed by atoms with Crippen molar-refractivity contribution in [1.29, 1.82) is 5.26 Å². The Kier molecular flexibility index (Phi) is 2.10. The number of ether oxygens (including phenoxy) is 1. The number of methoxy groups -OCH3 is 1. The smallest absolute Gasteiger partial charge is 0.359 e. The minimum absolute atomic E-state index is 0.0579. The molecule has 0 amide bonds. The average molecular weight is 165 g/mol. The van der Waals surface area contributed by atoms with Crippen LogP contribution in [-0.2, 0) is 11.8 Å². The highest BCUT2D eigenvalue weighted by molar-refractivity contribution is 5.89. The Hall–Kier alpha value is -1.83. The Balaban J connectivity index is 3.18. The number of nitrogens with zero attached hydrogens (tertiary/aromatic N) is 3. The lowest BCUT2D eigenvalue weighted by molar-refractivity contribution is 0.0594. The van der Waals surface area contributed by atoms with Gasteiger partial charge in [-0.2, -0.15) is 5.26 Å². The van der Waals surface area contributed by atoms with Crippen molar-refractivity contribution in [1.82, 2.24) is 9.55 Å². The van der Waals surface area contributed by atoms with Gasteiger partial charge in [-0.1, -0.05) is 0 Å². The molecule has 62 valence electrons. The van der Waals surface area contributed by atoms with E-state index in [1.807, 2.05) is 6.07 Å². The Morgan fingerprint density at radius 1 is 1.83 bits per heavy atom. The van der Waals surface area contributed by atoms with Crippen molar-refractivity contribution in [2.45, 2.75) is 0 Å². The van der Waals surface area contributed by atoms with Gasteiger partial charge in [0.1, 0.15) is 6.07 Å². The zero-order valence-corrected chi connectivity index (χ0v) is 6.74. The highest BCUT2D eigenvalue weighted by atomic mass is 16.5. The maximum absolute atomic E-state index is 11.0. The van der Waals surface area contributed by atoms with E-state index in [0.717, 1.165) is 0 Å². The van der Waals surface area contributed by atoms with Gasteiger partial charge >= 0.3 is 5.97 Å². The monoisotopic (exact) mass is 165 g/mol. The number of nitriles is 1. The summed E-state index contributed by atoms with van der Waals surface area (Å²) in [6, 6.07) is 1.86. The van der Waals surface area contributed by atoms with E-state index in [0.29, 0.717) is 0 Å². The van der Waals surface area contributed by atoms with Crippen LogP contribution in [0.4, 0.5) is 0 Å². The van der Waals surface area contributed by atoms with Crippen LogP contribution in [0.5, 0.6) is 0 Å². The van der Waals surface area contributed by atoms with Gasteiger partial charge in [-0.3, -0.25) is 0 Å². The summed E-state index contributed by atoms with van der Waals surface area (Å²) in [7, 11) is 2.89. The van der Waals surface area contributed by atoms with Crippen LogP contribution in [0.1, 0.15) is 16.2 Å². The fourth-order valence-corrected chi connectivity index (χ4v) is 0.808. The third kappa shape index (κ3) is 1.14. The number of carbonyl (C=O) groups excluding carboxylic acids is 1. The Labute approximate surface area is 69.2 Å². The second kappa shape index (κ2) is 3.05. The number of aromatic nitrogens is 2. The summed E-state index contributed by atoms with van der Waals surface area (Å²) < 4.78 is 5.89. The molecular weight excluding hydrogens is 158 g/mol. The molecule has 0 saturated heterocycles. The van der Waals surface area contributed by atoms with E-state index < -0.39 is 5.97 Å². The molecule has 0 radical (unpaired) electrons. The summed E-state index contributed by atoms with van der Waals surface area (Å²) in [5.41, 5.74) is 0.268. The predicted octanol–water partition coefficient (Wildman–Crippen LogP) is 0.0784. The van der Waals surface area contributed by atoms with Crippen molar-refractivity contribution in [3.63, 3.8) is 0 Å². The van der Waals surface area contributed by atoms with Crippen molar-refractivity contribution >= 4 is 5.97 Å². The fraction of sp³-hybridized carbons (Fsp3) is 0.286. The Morgan fingerprint density at radius 2 is 2.50 bits per heavy atom. The van der Waals surface area contributed by atoms with E-state index in [2.05, 4.69) is 9.72 Å². The molecule has 0 fully saturated rings. The molecule has 0 saturated carbocycles. The minimum atomic E-state index is -0.591. The molecule has 12 heavy (non-hydrogen) atoms. The number of esters is 1. The zero-order chi connectivity index (χ0) is 9.14. The number of carbonyl (C=O) groups is 1. The van der Waals surface area contributed by atoms with E-state index in [-0.39, 0.29) is 11.4 Å². The van der Waals surface area contributed by atoms with Gasteiger partial charge in [0, 0.05) is 7.05 Å². The SMILES string of the molecule is COC(=O)c1ncn(C)c1C#N. The maximum atomic E-state index is 11.0. The molecule has 0 atom stereocenters. The number of rotatable bonds is 1. The first kappa shape index (κ1) is 8.27. The van der Waals surface area contributed by atoms with E-state index in [4.69, 9.17) is 5.26 Å². The number of hydrogen-bond donors (Lipinski definition) is 0. The first-order chi connectivity index (χ1) is 5.70. The van der Waals surface area contributed by atoms with Crippen LogP contribution in [-0.4, -0.2) is 22.6 Å². The highest BCUT2D eigenvalue weighted by Crippen LogP contribution is 2.05. The molecule has 0 N–H and O–H groups in total. The van der Waals surface area contributed by atoms with Crippen LogP contribution in [0, 0.1) is 11.3 Å². The standard InChI is InChI=1S/C7H7N3O2/c1-10-4-9-6(5(10)3-8)7(11)12-2/h4H,1-2H3. The molecule has 1 heterocycles. The van der Waals surface area contributed by atoms with E-state index in [1.165, 1.54) is 18.0 Å². The van der Waals surface area contributed by atoms with Crippen molar-refractivity contribution in [3.8, 4) is 6.07 Å². The summed E-state index contributed by atoms with van der Waals surface area (Å²) in [6.07, 6.45) is 1.39. The molecule has 0 aromatic carbocycles. The Bertz CT molecular complexity index is 348. The van der Waals surface area contributed by atoms with E-state index in [1.54, 1.807) is 7.05 Å². The third-order valence-electron chi connectivity index (χ3n) is 1.42. The first-order valence-corrected chi connectivity index (χ1v) is 3.20. The fourth-order valence-electron chi connectivity index (χ4n) is 0.808. The molecule has 0 aliphatic rings. The van der Waals surface area contributed by atoms with Gasteiger partial charge in [0.25, 0.3) is 0 Å². The molecule has 5 heteroatoms. The number of aryl methyl sites for hydroxylation is 1. The molecule has 1 rings (SSSR count). The topological polar surface area (TPSA) is 67.9 Å². The molecular formula is C7H7N3O2. The van der Waals surface area contributed by atoms with Gasteiger partial charge in [-0.05, 0) is 0 Å². The third-order valence-corrected chi connectivity index (χ3v) is 1.42. The summed E-state index contributed by atoms with van der Waals surface area (Å²) in [5.74, 6) is -0.591. The van der Waals surface area contributed by atoms with Crippen molar-refractivity contribution in [2.24, 2.45) is 7.05 Å². The summed E-state index contributed by atoms with van der Waals surface area (Å²) in [4.78, 5) is 14.7. The Morgan fingerprint density at radius 3 is 3.00 bits per heavy atom. The van der Waals surface area contributed by atoms with Crippen LogP contribution in [0.3, 0.4) is 0 Å². The molecule has 1 aromatic rings.